The van der Waals surface area contributed by atoms with Crippen LogP contribution in [0.1, 0.15) is 24.0 Å². The van der Waals surface area contributed by atoms with E-state index in [4.69, 9.17) is 0 Å². The Morgan fingerprint density at radius 2 is 2.04 bits per heavy atom. The second-order valence-electron chi connectivity index (χ2n) is 7.10. The molecule has 0 spiro atoms. The summed E-state index contributed by atoms with van der Waals surface area (Å²) in [5.74, 6) is 1.06. The summed E-state index contributed by atoms with van der Waals surface area (Å²) in [7, 11) is 0. The number of aromatic nitrogens is 2. The van der Waals surface area contributed by atoms with Crippen molar-refractivity contribution in [3.63, 3.8) is 0 Å². The van der Waals surface area contributed by atoms with Gasteiger partial charge in [0.25, 0.3) is 0 Å². The first-order chi connectivity index (χ1) is 12.6. The summed E-state index contributed by atoms with van der Waals surface area (Å²) >= 11 is 0. The van der Waals surface area contributed by atoms with Crippen molar-refractivity contribution < 1.29 is 5.11 Å². The van der Waals surface area contributed by atoms with E-state index in [2.05, 4.69) is 39.9 Å². The molecule has 1 atom stereocenters. The lowest BCUT2D eigenvalue weighted by Crippen LogP contribution is -2.38. The maximum absolute atomic E-state index is 10.4. The third-order valence-electron chi connectivity index (χ3n) is 5.06. The Labute approximate surface area is 153 Å². The molecule has 1 saturated heterocycles. The molecule has 1 aliphatic heterocycles. The number of anilines is 1. The van der Waals surface area contributed by atoms with E-state index in [0.717, 1.165) is 53.6 Å². The van der Waals surface area contributed by atoms with E-state index < -0.39 is 0 Å². The summed E-state index contributed by atoms with van der Waals surface area (Å²) in [5, 5.41) is 28.5. The van der Waals surface area contributed by atoms with Gasteiger partial charge in [0.1, 0.15) is 11.4 Å². The first kappa shape index (κ1) is 16.8. The predicted octanol–water partition coefficient (Wildman–Crippen LogP) is 3.78. The molecule has 1 unspecified atom stereocenters. The van der Waals surface area contributed by atoms with E-state index in [0.29, 0.717) is 17.3 Å². The van der Waals surface area contributed by atoms with Gasteiger partial charge in [0.2, 0.25) is 0 Å². The van der Waals surface area contributed by atoms with Gasteiger partial charge in [0.15, 0.2) is 5.82 Å². The zero-order valence-electron chi connectivity index (χ0n) is 15.2. The number of nitrogens with one attached hydrogen (secondary N) is 2. The predicted molar refractivity (Wildman–Crippen MR) is 106 cm³/mol. The normalized spacial score (nSPS) is 17.4. The SMILES string of the molecule is Cc1ccc(-c2nnc(NC3CCCNC3)c3c(C)cccc23)c(O)c1. The summed E-state index contributed by atoms with van der Waals surface area (Å²) in [6.45, 7) is 6.07. The van der Waals surface area contributed by atoms with Crippen molar-refractivity contribution in [1.29, 1.82) is 0 Å². The number of nitrogens with zero attached hydrogens (tertiary/aromatic N) is 2. The van der Waals surface area contributed by atoms with Gasteiger partial charge in [0.05, 0.1) is 0 Å². The number of rotatable bonds is 3. The molecule has 2 aromatic carbocycles. The van der Waals surface area contributed by atoms with E-state index in [-0.39, 0.29) is 5.75 Å². The van der Waals surface area contributed by atoms with Gasteiger partial charge in [-0.1, -0.05) is 24.3 Å². The maximum atomic E-state index is 10.4. The number of phenols is 1. The third-order valence-corrected chi connectivity index (χ3v) is 5.06. The van der Waals surface area contributed by atoms with E-state index in [1.807, 2.05) is 25.1 Å². The molecule has 1 aromatic heterocycles. The van der Waals surface area contributed by atoms with Crippen LogP contribution in [0.4, 0.5) is 5.82 Å². The Balaban J connectivity index is 1.84. The number of fused-ring (bicyclic) bond motifs is 1. The standard InChI is InChI=1S/C21H24N4O/c1-13-8-9-16(18(26)11-13)20-17-7-3-5-14(2)19(17)21(25-24-20)23-15-6-4-10-22-12-15/h3,5,7-9,11,15,22,26H,4,6,10,12H2,1-2H3,(H,23,25). The Morgan fingerprint density at radius 3 is 2.81 bits per heavy atom. The van der Waals surface area contributed by atoms with Crippen LogP contribution in [0.3, 0.4) is 0 Å². The van der Waals surface area contributed by atoms with Gasteiger partial charge < -0.3 is 15.7 Å². The number of aromatic hydroxyl groups is 1. The van der Waals surface area contributed by atoms with Crippen molar-refractivity contribution >= 4 is 16.6 Å². The van der Waals surface area contributed by atoms with Crippen molar-refractivity contribution in [2.24, 2.45) is 0 Å². The van der Waals surface area contributed by atoms with Gasteiger partial charge in [-0.3, -0.25) is 0 Å². The molecule has 134 valence electrons. The highest BCUT2D eigenvalue weighted by atomic mass is 16.3. The molecule has 3 aromatic rings. The number of hydrogen-bond donors (Lipinski definition) is 3. The van der Waals surface area contributed by atoms with Crippen LogP contribution in [0.25, 0.3) is 22.0 Å². The van der Waals surface area contributed by atoms with Crippen LogP contribution in [0.5, 0.6) is 5.75 Å². The minimum Gasteiger partial charge on any atom is -0.507 e. The van der Waals surface area contributed by atoms with Crippen LogP contribution < -0.4 is 10.6 Å². The Kier molecular flexibility index (Phi) is 4.47. The van der Waals surface area contributed by atoms with Crippen molar-refractivity contribution in [2.75, 3.05) is 18.4 Å². The smallest absolute Gasteiger partial charge is 0.157 e. The highest BCUT2D eigenvalue weighted by molar-refractivity contribution is 6.02. The molecule has 3 N–H and O–H groups in total. The summed E-state index contributed by atoms with van der Waals surface area (Å²) in [5.41, 5.74) is 3.59. The molecule has 1 fully saturated rings. The molecule has 4 rings (SSSR count). The number of aryl methyl sites for hydroxylation is 2. The number of phenolic OH excluding ortho intramolecular Hbond substituents is 1. The first-order valence-corrected chi connectivity index (χ1v) is 9.17. The van der Waals surface area contributed by atoms with Gasteiger partial charge in [-0.2, -0.15) is 0 Å². The minimum atomic E-state index is 0.235. The summed E-state index contributed by atoms with van der Waals surface area (Å²) in [6.07, 6.45) is 2.29. The molecule has 0 amide bonds. The van der Waals surface area contributed by atoms with Crippen LogP contribution in [0.15, 0.2) is 36.4 Å². The van der Waals surface area contributed by atoms with Crippen molar-refractivity contribution in [3.05, 3.63) is 47.5 Å². The third kappa shape index (κ3) is 3.10. The average Bonchev–Trinajstić information content (AvgIpc) is 2.63. The lowest BCUT2D eigenvalue weighted by Gasteiger charge is -2.25. The lowest BCUT2D eigenvalue weighted by atomic mass is 9.99. The number of benzene rings is 2. The average molecular weight is 348 g/mol. The molecule has 0 bridgehead atoms. The van der Waals surface area contributed by atoms with E-state index >= 15 is 0 Å². The summed E-state index contributed by atoms with van der Waals surface area (Å²) in [4.78, 5) is 0. The molecule has 5 nitrogen and oxygen atoms in total. The van der Waals surface area contributed by atoms with E-state index in [1.54, 1.807) is 6.07 Å². The van der Waals surface area contributed by atoms with E-state index in [9.17, 15) is 5.11 Å². The monoisotopic (exact) mass is 348 g/mol. The molecule has 1 aliphatic rings. The molecular formula is C21H24N4O. The zero-order valence-corrected chi connectivity index (χ0v) is 15.2. The molecule has 0 radical (unpaired) electrons. The Bertz CT molecular complexity index is 948. The fraction of sp³-hybridized carbons (Fsp3) is 0.333. The summed E-state index contributed by atoms with van der Waals surface area (Å²) < 4.78 is 0. The fourth-order valence-corrected chi connectivity index (χ4v) is 3.69. The zero-order chi connectivity index (χ0) is 18.1. The van der Waals surface area contributed by atoms with E-state index in [1.165, 1.54) is 0 Å². The number of hydrogen-bond acceptors (Lipinski definition) is 5. The van der Waals surface area contributed by atoms with Crippen LogP contribution >= 0.6 is 0 Å². The van der Waals surface area contributed by atoms with Gasteiger partial charge in [-0.25, -0.2) is 0 Å². The maximum Gasteiger partial charge on any atom is 0.157 e. The molecule has 26 heavy (non-hydrogen) atoms. The Morgan fingerprint density at radius 1 is 1.15 bits per heavy atom. The van der Waals surface area contributed by atoms with Crippen LogP contribution in [-0.2, 0) is 0 Å². The molecule has 0 saturated carbocycles. The van der Waals surface area contributed by atoms with Gasteiger partial charge in [-0.05, 0) is 56.5 Å². The molecule has 5 heteroatoms. The highest BCUT2D eigenvalue weighted by Gasteiger charge is 2.18. The van der Waals surface area contributed by atoms with Crippen molar-refractivity contribution in [2.45, 2.75) is 32.7 Å². The second kappa shape index (κ2) is 6.92. The second-order valence-corrected chi connectivity index (χ2v) is 7.10. The van der Waals surface area contributed by atoms with Gasteiger partial charge in [0, 0.05) is 28.9 Å². The Hall–Kier alpha value is -2.66. The summed E-state index contributed by atoms with van der Waals surface area (Å²) in [6, 6.07) is 12.2. The van der Waals surface area contributed by atoms with Gasteiger partial charge >= 0.3 is 0 Å². The lowest BCUT2D eigenvalue weighted by molar-refractivity contribution is 0.476. The highest BCUT2D eigenvalue weighted by Crippen LogP contribution is 2.36. The van der Waals surface area contributed by atoms with Crippen LogP contribution in [-0.4, -0.2) is 34.4 Å². The first-order valence-electron chi connectivity index (χ1n) is 9.17. The number of piperidine rings is 1. The van der Waals surface area contributed by atoms with Crippen molar-refractivity contribution in [3.8, 4) is 17.0 Å². The quantitative estimate of drug-likeness (QED) is 0.672. The van der Waals surface area contributed by atoms with Gasteiger partial charge in [-0.15, -0.1) is 10.2 Å². The van der Waals surface area contributed by atoms with Crippen molar-refractivity contribution in [1.82, 2.24) is 15.5 Å². The van der Waals surface area contributed by atoms with Crippen LogP contribution in [0.2, 0.25) is 0 Å². The molecule has 0 aliphatic carbocycles. The molecular weight excluding hydrogens is 324 g/mol. The van der Waals surface area contributed by atoms with Crippen LogP contribution in [0, 0.1) is 13.8 Å². The topological polar surface area (TPSA) is 70.1 Å². The fourth-order valence-electron chi connectivity index (χ4n) is 3.69. The molecule has 2 heterocycles. The minimum absolute atomic E-state index is 0.235. The largest absolute Gasteiger partial charge is 0.507 e.